The fraction of sp³-hybridized carbons (Fsp3) is 0.385. The lowest BCUT2D eigenvalue weighted by molar-refractivity contribution is 0.0553. The Morgan fingerprint density at radius 3 is 2.24 bits per heavy atom. The van der Waals surface area contributed by atoms with Crippen molar-refractivity contribution in [3.05, 3.63) is 16.8 Å². The van der Waals surface area contributed by atoms with Crippen molar-refractivity contribution >= 4 is 34.7 Å². The Balaban J connectivity index is 3.00. The average Bonchev–Trinajstić information content (AvgIpc) is 2.78. The predicted octanol–water partition coefficient (Wildman–Crippen LogP) is 1.57. The maximum atomic E-state index is 12.2. The number of carbonyl (C=O) groups is 2. The van der Waals surface area contributed by atoms with Crippen molar-refractivity contribution in [3.63, 3.8) is 0 Å². The minimum absolute atomic E-state index is 0.112. The Kier molecular flexibility index (Phi) is 4.17. The summed E-state index contributed by atoms with van der Waals surface area (Å²) in [5.41, 5.74) is 1.37. The van der Waals surface area contributed by atoms with Crippen molar-refractivity contribution in [2.24, 2.45) is 7.05 Å². The molecule has 7 nitrogen and oxygen atoms in total. The molecule has 0 amide bonds. The highest BCUT2D eigenvalue weighted by molar-refractivity contribution is 7.98. The number of aromatic nitrogens is 3. The number of methoxy groups -OCH3 is 2. The highest BCUT2D eigenvalue weighted by Crippen LogP contribution is 2.31. The van der Waals surface area contributed by atoms with Gasteiger partial charge < -0.3 is 9.47 Å². The fourth-order valence-corrected chi connectivity index (χ4v) is 2.76. The second kappa shape index (κ2) is 5.72. The third kappa shape index (κ3) is 2.35. The predicted molar refractivity (Wildman–Crippen MR) is 77.7 cm³/mol. The summed E-state index contributed by atoms with van der Waals surface area (Å²) in [5, 5.41) is 5.16. The molecule has 0 saturated carbocycles. The number of aryl methyl sites for hydroxylation is 2. The van der Waals surface area contributed by atoms with Crippen LogP contribution in [0.4, 0.5) is 0 Å². The summed E-state index contributed by atoms with van der Waals surface area (Å²) in [6, 6.07) is 0. The van der Waals surface area contributed by atoms with Gasteiger partial charge in [-0.2, -0.15) is 5.10 Å². The zero-order valence-electron chi connectivity index (χ0n) is 12.4. The maximum absolute atomic E-state index is 12.2. The third-order valence-corrected chi connectivity index (χ3v) is 3.77. The third-order valence-electron chi connectivity index (χ3n) is 3.09. The molecule has 0 atom stereocenters. The molecule has 0 N–H and O–H groups in total. The Hall–Kier alpha value is -2.09. The molecular formula is C13H15N3O4S. The molecule has 0 aliphatic rings. The van der Waals surface area contributed by atoms with Gasteiger partial charge in [-0.3, -0.25) is 4.68 Å². The molecule has 0 radical (unpaired) electrons. The van der Waals surface area contributed by atoms with Gasteiger partial charge in [0.2, 0.25) is 0 Å². The summed E-state index contributed by atoms with van der Waals surface area (Å²) in [6.07, 6.45) is 1.77. The number of carbonyl (C=O) groups excluding carboxylic acids is 2. The van der Waals surface area contributed by atoms with Crippen LogP contribution < -0.4 is 0 Å². The minimum atomic E-state index is -0.627. The summed E-state index contributed by atoms with van der Waals surface area (Å²) < 4.78 is 11.2. The van der Waals surface area contributed by atoms with Gasteiger partial charge in [-0.15, -0.1) is 11.8 Å². The summed E-state index contributed by atoms with van der Waals surface area (Å²) in [5.74, 6) is -1.24. The highest BCUT2D eigenvalue weighted by Gasteiger charge is 2.29. The van der Waals surface area contributed by atoms with Crippen LogP contribution in [0.25, 0.3) is 11.0 Å². The highest BCUT2D eigenvalue weighted by atomic mass is 32.2. The standard InChI is InChI=1S/C13H15N3O4S/c1-6-7-8(12(17)19-3)9(13(18)20-4)11(21-5)14-10(7)16(2)15-6/h1-5H3. The quantitative estimate of drug-likeness (QED) is 0.628. The van der Waals surface area contributed by atoms with Crippen molar-refractivity contribution in [1.82, 2.24) is 14.8 Å². The SMILES string of the molecule is COC(=O)c1c(SC)nc2c(c(C)nn2C)c1C(=O)OC. The number of thioether (sulfide) groups is 1. The number of pyridine rings is 1. The summed E-state index contributed by atoms with van der Waals surface area (Å²) in [4.78, 5) is 28.7. The van der Waals surface area contributed by atoms with Gasteiger partial charge in [0.05, 0.1) is 30.9 Å². The Morgan fingerprint density at radius 2 is 1.71 bits per heavy atom. The first-order valence-corrected chi connectivity index (χ1v) is 7.26. The molecular weight excluding hydrogens is 294 g/mol. The molecule has 2 aromatic heterocycles. The van der Waals surface area contributed by atoms with E-state index < -0.39 is 11.9 Å². The zero-order valence-corrected chi connectivity index (χ0v) is 13.2. The van der Waals surface area contributed by atoms with Gasteiger partial charge in [-0.05, 0) is 13.2 Å². The molecule has 8 heteroatoms. The van der Waals surface area contributed by atoms with Crippen LogP contribution in [0.2, 0.25) is 0 Å². The number of hydrogen-bond donors (Lipinski definition) is 0. The lowest BCUT2D eigenvalue weighted by Gasteiger charge is -2.11. The summed E-state index contributed by atoms with van der Waals surface area (Å²) >= 11 is 1.25. The van der Waals surface area contributed by atoms with Crippen LogP contribution in [0.3, 0.4) is 0 Å². The van der Waals surface area contributed by atoms with Crippen molar-refractivity contribution in [1.29, 1.82) is 0 Å². The molecule has 2 aromatic rings. The van der Waals surface area contributed by atoms with E-state index >= 15 is 0 Å². The van der Waals surface area contributed by atoms with Gasteiger partial charge in [0, 0.05) is 7.05 Å². The van der Waals surface area contributed by atoms with E-state index in [4.69, 9.17) is 9.47 Å². The topological polar surface area (TPSA) is 83.3 Å². The molecule has 2 heterocycles. The molecule has 0 saturated heterocycles. The first-order valence-electron chi connectivity index (χ1n) is 6.04. The second-order valence-corrected chi connectivity index (χ2v) is 5.06. The number of esters is 2. The van der Waals surface area contributed by atoms with Gasteiger partial charge in [0.1, 0.15) is 10.6 Å². The molecule has 0 aromatic carbocycles. The second-order valence-electron chi connectivity index (χ2n) is 4.26. The number of rotatable bonds is 3. The number of fused-ring (bicyclic) bond motifs is 1. The van der Waals surface area contributed by atoms with Crippen LogP contribution in [0.5, 0.6) is 0 Å². The molecule has 0 spiro atoms. The number of hydrogen-bond acceptors (Lipinski definition) is 7. The van der Waals surface area contributed by atoms with Crippen LogP contribution in [-0.4, -0.2) is 47.2 Å². The summed E-state index contributed by atoms with van der Waals surface area (Å²) in [6.45, 7) is 1.75. The molecule has 0 fully saturated rings. The lowest BCUT2D eigenvalue weighted by atomic mass is 10.1. The molecule has 0 bridgehead atoms. The Labute approximate surface area is 125 Å². The van der Waals surface area contributed by atoms with Crippen LogP contribution >= 0.6 is 11.8 Å². The Morgan fingerprint density at radius 1 is 1.14 bits per heavy atom. The van der Waals surface area contributed by atoms with Crippen molar-refractivity contribution in [2.75, 3.05) is 20.5 Å². The van der Waals surface area contributed by atoms with Gasteiger partial charge in [0.15, 0.2) is 5.65 Å². The van der Waals surface area contributed by atoms with E-state index in [1.807, 2.05) is 0 Å². The van der Waals surface area contributed by atoms with Gasteiger partial charge in [-0.25, -0.2) is 14.6 Å². The lowest BCUT2D eigenvalue weighted by Crippen LogP contribution is -2.15. The van der Waals surface area contributed by atoms with E-state index in [1.54, 1.807) is 24.9 Å². The first-order chi connectivity index (χ1) is 9.96. The molecule has 21 heavy (non-hydrogen) atoms. The van der Waals surface area contributed by atoms with E-state index in [2.05, 4.69) is 10.1 Å². The molecule has 0 unspecified atom stereocenters. The minimum Gasteiger partial charge on any atom is -0.465 e. The first kappa shape index (κ1) is 15.3. The summed E-state index contributed by atoms with van der Waals surface area (Å²) in [7, 11) is 4.25. The maximum Gasteiger partial charge on any atom is 0.341 e. The number of nitrogens with zero attached hydrogens (tertiary/aromatic N) is 3. The molecule has 0 aliphatic carbocycles. The Bertz CT molecular complexity index is 739. The van der Waals surface area contributed by atoms with Crippen LogP contribution in [0.1, 0.15) is 26.4 Å². The van der Waals surface area contributed by atoms with Gasteiger partial charge in [-0.1, -0.05) is 0 Å². The van der Waals surface area contributed by atoms with Crippen LogP contribution in [0, 0.1) is 6.92 Å². The normalized spacial score (nSPS) is 10.7. The van der Waals surface area contributed by atoms with E-state index in [-0.39, 0.29) is 11.1 Å². The monoisotopic (exact) mass is 309 g/mol. The van der Waals surface area contributed by atoms with Crippen molar-refractivity contribution in [2.45, 2.75) is 11.9 Å². The average molecular weight is 309 g/mol. The fourth-order valence-electron chi connectivity index (χ4n) is 2.20. The van der Waals surface area contributed by atoms with Crippen molar-refractivity contribution in [3.8, 4) is 0 Å². The van der Waals surface area contributed by atoms with Gasteiger partial charge in [0.25, 0.3) is 0 Å². The molecule has 0 aliphatic heterocycles. The van der Waals surface area contributed by atoms with E-state index in [0.717, 1.165) is 0 Å². The largest absolute Gasteiger partial charge is 0.465 e. The smallest absolute Gasteiger partial charge is 0.341 e. The molecule has 112 valence electrons. The van der Waals surface area contributed by atoms with E-state index in [0.29, 0.717) is 21.8 Å². The van der Waals surface area contributed by atoms with Crippen LogP contribution in [0.15, 0.2) is 5.03 Å². The molecule has 2 rings (SSSR count). The zero-order chi connectivity index (χ0) is 15.7. The number of ether oxygens (including phenoxy) is 2. The van der Waals surface area contributed by atoms with Crippen LogP contribution in [-0.2, 0) is 16.5 Å². The van der Waals surface area contributed by atoms with E-state index in [9.17, 15) is 9.59 Å². The van der Waals surface area contributed by atoms with Crippen molar-refractivity contribution < 1.29 is 19.1 Å². The van der Waals surface area contributed by atoms with Gasteiger partial charge >= 0.3 is 11.9 Å². The van der Waals surface area contributed by atoms with E-state index in [1.165, 1.54) is 26.0 Å².